The molecule has 8 heavy (non-hydrogen) atoms. The molecule has 0 spiro atoms. The topological polar surface area (TPSA) is 12.4 Å². The largest absolute Gasteiger partial charge is 0.290 e. The lowest BCUT2D eigenvalue weighted by Gasteiger charge is -2.12. The van der Waals surface area contributed by atoms with Gasteiger partial charge in [0.15, 0.2) is 4.33 Å². The first-order valence-corrected chi connectivity index (χ1v) is 3.02. The molecule has 1 heterocycles. The molecule has 0 N–H and O–H groups in total. The summed E-state index contributed by atoms with van der Waals surface area (Å²) in [5.41, 5.74) is 0. The summed E-state index contributed by atoms with van der Waals surface area (Å²) in [7, 11) is 0. The van der Waals surface area contributed by atoms with E-state index in [2.05, 4.69) is 4.99 Å². The lowest BCUT2D eigenvalue weighted by atomic mass is 10.3. The van der Waals surface area contributed by atoms with Crippen LogP contribution in [0.15, 0.2) is 17.1 Å². The van der Waals surface area contributed by atoms with Crippen LogP contribution in [0.2, 0.25) is 0 Å². The number of hydrogen-bond acceptors (Lipinski definition) is 1. The second-order valence-electron chi connectivity index (χ2n) is 1.61. The van der Waals surface area contributed by atoms with Gasteiger partial charge in [-0.3, -0.25) is 4.99 Å². The monoisotopic (exact) mass is 149 g/mol. The van der Waals surface area contributed by atoms with E-state index in [1.165, 1.54) is 0 Å². The van der Waals surface area contributed by atoms with Gasteiger partial charge in [0, 0.05) is 6.21 Å². The van der Waals surface area contributed by atoms with Crippen LogP contribution in [0.25, 0.3) is 0 Å². The summed E-state index contributed by atoms with van der Waals surface area (Å²) >= 11 is 11.3. The molecule has 0 bridgehead atoms. The maximum absolute atomic E-state index is 5.64. The number of nitrogens with zero attached hydrogens (tertiary/aromatic N) is 1. The molecule has 0 fully saturated rings. The molecular formula is C5H5Cl2N. The van der Waals surface area contributed by atoms with Gasteiger partial charge in [-0.15, -0.1) is 0 Å². The summed E-state index contributed by atoms with van der Waals surface area (Å²) in [6, 6.07) is 0. The molecule has 1 aliphatic rings. The Morgan fingerprint density at radius 3 is 2.50 bits per heavy atom. The van der Waals surface area contributed by atoms with Crippen molar-refractivity contribution < 1.29 is 0 Å². The Labute approximate surface area is 58.0 Å². The third kappa shape index (κ3) is 1.49. The van der Waals surface area contributed by atoms with Gasteiger partial charge in [-0.1, -0.05) is 23.2 Å². The lowest BCUT2D eigenvalue weighted by molar-refractivity contribution is 0.940. The zero-order valence-electron chi connectivity index (χ0n) is 4.14. The highest BCUT2D eigenvalue weighted by atomic mass is 35.5. The quantitative estimate of drug-likeness (QED) is 0.467. The van der Waals surface area contributed by atoms with Gasteiger partial charge < -0.3 is 0 Å². The van der Waals surface area contributed by atoms with E-state index >= 15 is 0 Å². The fourth-order valence-corrected chi connectivity index (χ4v) is 0.755. The second kappa shape index (κ2) is 2.08. The third-order valence-electron chi connectivity index (χ3n) is 0.834. The van der Waals surface area contributed by atoms with E-state index in [-0.39, 0.29) is 0 Å². The van der Waals surface area contributed by atoms with Gasteiger partial charge in [0.1, 0.15) is 0 Å². The molecule has 0 radical (unpaired) electrons. The van der Waals surface area contributed by atoms with E-state index in [1.807, 2.05) is 0 Å². The van der Waals surface area contributed by atoms with Gasteiger partial charge in [0.05, 0.1) is 6.54 Å². The minimum atomic E-state index is -0.755. The van der Waals surface area contributed by atoms with Gasteiger partial charge >= 0.3 is 0 Å². The first kappa shape index (κ1) is 6.12. The smallest absolute Gasteiger partial charge is 0.156 e. The van der Waals surface area contributed by atoms with Crippen molar-refractivity contribution in [2.24, 2.45) is 4.99 Å². The molecule has 0 atom stereocenters. The molecule has 0 aromatic rings. The van der Waals surface area contributed by atoms with Crippen molar-refractivity contribution >= 4 is 29.4 Å². The molecule has 44 valence electrons. The molecule has 1 rings (SSSR count). The molecule has 0 aromatic carbocycles. The number of rotatable bonds is 0. The molecule has 0 aliphatic carbocycles. The van der Waals surface area contributed by atoms with Crippen molar-refractivity contribution in [1.82, 2.24) is 0 Å². The van der Waals surface area contributed by atoms with Crippen LogP contribution in [0.5, 0.6) is 0 Å². The third-order valence-corrected chi connectivity index (χ3v) is 1.32. The molecule has 0 unspecified atom stereocenters. The van der Waals surface area contributed by atoms with Gasteiger partial charge in [-0.2, -0.15) is 0 Å². The molecule has 0 amide bonds. The van der Waals surface area contributed by atoms with Crippen molar-refractivity contribution in [3.05, 3.63) is 12.2 Å². The highest BCUT2D eigenvalue weighted by molar-refractivity contribution is 6.50. The zero-order valence-corrected chi connectivity index (χ0v) is 5.65. The molecular weight excluding hydrogens is 145 g/mol. The van der Waals surface area contributed by atoms with Crippen LogP contribution in [0.4, 0.5) is 0 Å². The van der Waals surface area contributed by atoms with Crippen LogP contribution in [0.3, 0.4) is 0 Å². The molecule has 0 saturated carbocycles. The Balaban J connectivity index is 2.65. The van der Waals surface area contributed by atoms with E-state index in [1.54, 1.807) is 18.4 Å². The number of allylic oxidation sites excluding steroid dienone is 1. The second-order valence-corrected chi connectivity index (χ2v) is 3.15. The van der Waals surface area contributed by atoms with Crippen LogP contribution in [0.1, 0.15) is 0 Å². The van der Waals surface area contributed by atoms with Crippen molar-refractivity contribution in [3.63, 3.8) is 0 Å². The number of aliphatic imine (C=N–C) groups is 1. The zero-order chi connectivity index (χ0) is 6.04. The predicted octanol–water partition coefficient (Wildman–Crippen LogP) is 1.80. The number of dihydropyridines is 1. The van der Waals surface area contributed by atoms with E-state index in [0.717, 1.165) is 0 Å². The Morgan fingerprint density at radius 2 is 2.25 bits per heavy atom. The van der Waals surface area contributed by atoms with Gasteiger partial charge in [-0.25, -0.2) is 0 Å². The van der Waals surface area contributed by atoms with Crippen LogP contribution in [-0.2, 0) is 0 Å². The van der Waals surface area contributed by atoms with Crippen LogP contribution in [-0.4, -0.2) is 17.1 Å². The summed E-state index contributed by atoms with van der Waals surface area (Å²) in [5, 5.41) is 0. The van der Waals surface area contributed by atoms with Crippen LogP contribution < -0.4 is 0 Å². The summed E-state index contributed by atoms with van der Waals surface area (Å²) in [6.45, 7) is 0.465. The maximum Gasteiger partial charge on any atom is 0.156 e. The summed E-state index contributed by atoms with van der Waals surface area (Å²) < 4.78 is -0.755. The summed E-state index contributed by atoms with van der Waals surface area (Å²) in [4.78, 5) is 3.85. The first-order valence-electron chi connectivity index (χ1n) is 2.26. The molecule has 1 nitrogen and oxygen atoms in total. The first-order chi connectivity index (χ1) is 3.71. The van der Waals surface area contributed by atoms with Crippen LogP contribution >= 0.6 is 23.2 Å². The molecule has 0 aromatic heterocycles. The SMILES string of the molecule is ClC1(Cl)C=CC=NC1. The maximum atomic E-state index is 5.64. The van der Waals surface area contributed by atoms with Crippen molar-refractivity contribution in [3.8, 4) is 0 Å². The number of alkyl halides is 2. The minimum absolute atomic E-state index is 0.465. The number of hydrogen-bond donors (Lipinski definition) is 0. The van der Waals surface area contributed by atoms with Crippen LogP contribution in [0, 0.1) is 0 Å². The average Bonchev–Trinajstić information content (AvgIpc) is 1.65. The summed E-state index contributed by atoms with van der Waals surface area (Å²) in [6.07, 6.45) is 5.13. The molecule has 1 aliphatic heterocycles. The highest BCUT2D eigenvalue weighted by Gasteiger charge is 2.19. The van der Waals surface area contributed by atoms with E-state index < -0.39 is 4.33 Å². The lowest BCUT2D eigenvalue weighted by Crippen LogP contribution is -2.15. The standard InChI is InChI=1S/C5H5Cl2N/c6-5(7)2-1-3-8-4-5/h1-3H,4H2. The highest BCUT2D eigenvalue weighted by Crippen LogP contribution is 2.23. The van der Waals surface area contributed by atoms with E-state index in [4.69, 9.17) is 23.2 Å². The fourth-order valence-electron chi connectivity index (χ4n) is 0.472. The Hall–Kier alpha value is -0.0100. The normalized spacial score (nSPS) is 23.8. The van der Waals surface area contributed by atoms with Crippen molar-refractivity contribution in [2.45, 2.75) is 4.33 Å². The average molecular weight is 150 g/mol. The van der Waals surface area contributed by atoms with Crippen molar-refractivity contribution in [2.75, 3.05) is 6.54 Å². The fraction of sp³-hybridized carbons (Fsp3) is 0.400. The molecule has 0 saturated heterocycles. The van der Waals surface area contributed by atoms with E-state index in [9.17, 15) is 0 Å². The van der Waals surface area contributed by atoms with Gasteiger partial charge in [0.25, 0.3) is 0 Å². The van der Waals surface area contributed by atoms with E-state index in [0.29, 0.717) is 6.54 Å². The Bertz CT molecular complexity index is 137. The number of halogens is 2. The Kier molecular flexibility index (Phi) is 1.59. The minimum Gasteiger partial charge on any atom is -0.290 e. The molecule has 3 heteroatoms. The Morgan fingerprint density at radius 1 is 1.50 bits per heavy atom. The summed E-state index contributed by atoms with van der Waals surface area (Å²) in [5.74, 6) is 0. The van der Waals surface area contributed by atoms with Gasteiger partial charge in [0.2, 0.25) is 0 Å². The predicted molar refractivity (Wildman–Crippen MR) is 36.9 cm³/mol. The van der Waals surface area contributed by atoms with Crippen molar-refractivity contribution in [1.29, 1.82) is 0 Å². The van der Waals surface area contributed by atoms with Gasteiger partial charge in [-0.05, 0) is 12.2 Å².